The van der Waals surface area contributed by atoms with Gasteiger partial charge in [0.05, 0.1) is 12.1 Å². The Bertz CT molecular complexity index is 649. The van der Waals surface area contributed by atoms with Crippen molar-refractivity contribution in [1.82, 2.24) is 0 Å². The maximum absolute atomic E-state index is 12.1. The molecular formula is C18H19NO2. The van der Waals surface area contributed by atoms with Crippen LogP contribution in [0.15, 0.2) is 58.6 Å². The van der Waals surface area contributed by atoms with Gasteiger partial charge in [-0.05, 0) is 36.1 Å². The molecule has 0 radical (unpaired) electrons. The van der Waals surface area contributed by atoms with E-state index in [0.29, 0.717) is 11.3 Å². The Kier molecular flexibility index (Phi) is 4.63. The third-order valence-corrected chi connectivity index (χ3v) is 3.39. The van der Waals surface area contributed by atoms with E-state index in [2.05, 4.69) is 4.99 Å². The first-order valence-electron chi connectivity index (χ1n) is 7.07. The Morgan fingerprint density at radius 2 is 1.81 bits per heavy atom. The van der Waals surface area contributed by atoms with E-state index in [1.165, 1.54) is 0 Å². The molecule has 3 nitrogen and oxygen atoms in total. The van der Waals surface area contributed by atoms with Crippen LogP contribution >= 0.6 is 0 Å². The minimum atomic E-state index is -0.197. The SMILES string of the molecule is CC1=CC(=O)C(C(C)C)=CC1=NC(=O)Cc1ccccc1. The highest BCUT2D eigenvalue weighted by Gasteiger charge is 2.19. The summed E-state index contributed by atoms with van der Waals surface area (Å²) in [6, 6.07) is 9.52. The van der Waals surface area contributed by atoms with Gasteiger partial charge in [0, 0.05) is 5.57 Å². The van der Waals surface area contributed by atoms with Gasteiger partial charge in [-0.1, -0.05) is 44.2 Å². The largest absolute Gasteiger partial charge is 0.290 e. The molecule has 0 aromatic heterocycles. The average Bonchev–Trinajstić information content (AvgIpc) is 2.42. The fraction of sp³-hybridized carbons (Fsp3) is 0.278. The number of allylic oxidation sites excluding steroid dienone is 4. The molecule has 1 amide bonds. The van der Waals surface area contributed by atoms with Crippen molar-refractivity contribution in [3.63, 3.8) is 0 Å². The van der Waals surface area contributed by atoms with Crippen molar-refractivity contribution in [2.75, 3.05) is 0 Å². The van der Waals surface area contributed by atoms with Crippen LogP contribution < -0.4 is 0 Å². The van der Waals surface area contributed by atoms with Crippen molar-refractivity contribution in [2.45, 2.75) is 27.2 Å². The molecule has 1 aliphatic carbocycles. The monoisotopic (exact) mass is 281 g/mol. The van der Waals surface area contributed by atoms with Crippen molar-refractivity contribution < 1.29 is 9.59 Å². The van der Waals surface area contributed by atoms with Gasteiger partial charge in [0.25, 0.3) is 5.91 Å². The van der Waals surface area contributed by atoms with Crippen LogP contribution in [0.5, 0.6) is 0 Å². The van der Waals surface area contributed by atoms with Gasteiger partial charge >= 0.3 is 0 Å². The van der Waals surface area contributed by atoms with E-state index in [0.717, 1.165) is 11.1 Å². The predicted molar refractivity (Wildman–Crippen MR) is 84.3 cm³/mol. The van der Waals surface area contributed by atoms with Crippen molar-refractivity contribution in [1.29, 1.82) is 0 Å². The van der Waals surface area contributed by atoms with E-state index in [1.54, 1.807) is 19.1 Å². The van der Waals surface area contributed by atoms with Gasteiger partial charge in [0.15, 0.2) is 5.78 Å². The lowest BCUT2D eigenvalue weighted by Gasteiger charge is -2.14. The maximum Gasteiger partial charge on any atom is 0.250 e. The Morgan fingerprint density at radius 3 is 2.43 bits per heavy atom. The summed E-state index contributed by atoms with van der Waals surface area (Å²) < 4.78 is 0. The second kappa shape index (κ2) is 6.44. The predicted octanol–water partition coefficient (Wildman–Crippen LogP) is 3.31. The molecule has 21 heavy (non-hydrogen) atoms. The average molecular weight is 281 g/mol. The van der Waals surface area contributed by atoms with Crippen LogP contribution in [0.3, 0.4) is 0 Å². The van der Waals surface area contributed by atoms with Crippen molar-refractivity contribution in [3.05, 3.63) is 59.2 Å². The van der Waals surface area contributed by atoms with Crippen LogP contribution in [0, 0.1) is 5.92 Å². The van der Waals surface area contributed by atoms with E-state index in [1.807, 2.05) is 44.2 Å². The first-order chi connectivity index (χ1) is 9.97. The van der Waals surface area contributed by atoms with E-state index >= 15 is 0 Å². The molecule has 0 spiro atoms. The highest BCUT2D eigenvalue weighted by atomic mass is 16.1. The summed E-state index contributed by atoms with van der Waals surface area (Å²) in [7, 11) is 0. The van der Waals surface area contributed by atoms with Gasteiger partial charge in [-0.3, -0.25) is 9.59 Å². The molecule has 0 bridgehead atoms. The van der Waals surface area contributed by atoms with Crippen LogP contribution in [0.1, 0.15) is 26.3 Å². The van der Waals surface area contributed by atoms with Gasteiger partial charge in [-0.25, -0.2) is 4.99 Å². The molecule has 108 valence electrons. The first-order valence-corrected chi connectivity index (χ1v) is 7.07. The van der Waals surface area contributed by atoms with Crippen LogP contribution in [-0.2, 0) is 16.0 Å². The zero-order valence-corrected chi connectivity index (χ0v) is 12.6. The number of aliphatic imine (C=N–C) groups is 1. The van der Waals surface area contributed by atoms with Crippen LogP contribution in [0.4, 0.5) is 0 Å². The molecule has 1 aromatic carbocycles. The lowest BCUT2D eigenvalue weighted by Crippen LogP contribution is -2.17. The number of hydrogen-bond acceptors (Lipinski definition) is 2. The quantitative estimate of drug-likeness (QED) is 0.798. The lowest BCUT2D eigenvalue weighted by atomic mass is 9.90. The van der Waals surface area contributed by atoms with E-state index in [9.17, 15) is 9.59 Å². The number of ketones is 1. The highest BCUT2D eigenvalue weighted by Crippen LogP contribution is 2.19. The fourth-order valence-electron chi connectivity index (χ4n) is 2.20. The van der Waals surface area contributed by atoms with Crippen LogP contribution in [0.25, 0.3) is 0 Å². The molecule has 0 saturated carbocycles. The number of benzene rings is 1. The number of rotatable bonds is 3. The molecule has 3 heteroatoms. The van der Waals surface area contributed by atoms with Gasteiger partial charge in [0.1, 0.15) is 0 Å². The first kappa shape index (κ1) is 15.1. The molecule has 0 atom stereocenters. The van der Waals surface area contributed by atoms with Crippen LogP contribution in [0.2, 0.25) is 0 Å². The van der Waals surface area contributed by atoms with Crippen molar-refractivity contribution in [2.24, 2.45) is 10.9 Å². The zero-order chi connectivity index (χ0) is 15.4. The smallest absolute Gasteiger partial charge is 0.250 e. The molecule has 0 aliphatic heterocycles. The Hall–Kier alpha value is -2.29. The molecule has 1 aromatic rings. The minimum absolute atomic E-state index is 0.0111. The topological polar surface area (TPSA) is 46.5 Å². The molecule has 0 unspecified atom stereocenters. The lowest BCUT2D eigenvalue weighted by molar-refractivity contribution is -0.117. The molecule has 0 heterocycles. The molecule has 0 fully saturated rings. The number of carbonyl (C=O) groups excluding carboxylic acids is 2. The number of carbonyl (C=O) groups is 2. The third-order valence-electron chi connectivity index (χ3n) is 3.39. The van der Waals surface area contributed by atoms with E-state index < -0.39 is 0 Å². The summed E-state index contributed by atoms with van der Waals surface area (Å²) in [5.41, 5.74) is 2.98. The number of nitrogens with zero attached hydrogens (tertiary/aromatic N) is 1. The summed E-state index contributed by atoms with van der Waals surface area (Å²) in [4.78, 5) is 28.1. The number of hydrogen-bond donors (Lipinski definition) is 0. The Balaban J connectivity index is 2.21. The molecule has 0 saturated heterocycles. The zero-order valence-electron chi connectivity index (χ0n) is 12.6. The van der Waals surface area contributed by atoms with Gasteiger partial charge in [-0.2, -0.15) is 0 Å². The standard InChI is InChI=1S/C18H19NO2/c1-12(2)15-11-16(13(3)9-17(15)20)19-18(21)10-14-7-5-4-6-8-14/h4-9,11-12H,10H2,1-3H3. The summed E-state index contributed by atoms with van der Waals surface area (Å²) >= 11 is 0. The Morgan fingerprint density at radius 1 is 1.14 bits per heavy atom. The molecule has 0 N–H and O–H groups in total. The summed E-state index contributed by atoms with van der Waals surface area (Å²) in [6.45, 7) is 5.73. The summed E-state index contributed by atoms with van der Waals surface area (Å²) in [5.74, 6) is -0.0640. The summed E-state index contributed by atoms with van der Waals surface area (Å²) in [5, 5.41) is 0. The van der Waals surface area contributed by atoms with Gasteiger partial charge in [-0.15, -0.1) is 0 Å². The summed E-state index contributed by atoms with van der Waals surface area (Å²) in [6.07, 6.45) is 3.58. The molecule has 2 rings (SSSR count). The molecule has 1 aliphatic rings. The third kappa shape index (κ3) is 3.85. The van der Waals surface area contributed by atoms with E-state index in [4.69, 9.17) is 0 Å². The fourth-order valence-corrected chi connectivity index (χ4v) is 2.20. The van der Waals surface area contributed by atoms with E-state index in [-0.39, 0.29) is 24.0 Å². The van der Waals surface area contributed by atoms with Gasteiger partial charge in [0.2, 0.25) is 0 Å². The minimum Gasteiger partial charge on any atom is -0.290 e. The molecular weight excluding hydrogens is 262 g/mol. The second-order valence-corrected chi connectivity index (χ2v) is 5.50. The van der Waals surface area contributed by atoms with Crippen molar-refractivity contribution >= 4 is 17.4 Å². The maximum atomic E-state index is 12.1. The normalized spacial score (nSPS) is 17.0. The van der Waals surface area contributed by atoms with Crippen LogP contribution in [-0.4, -0.2) is 17.4 Å². The Labute approximate surface area is 125 Å². The van der Waals surface area contributed by atoms with Gasteiger partial charge < -0.3 is 0 Å². The highest BCUT2D eigenvalue weighted by molar-refractivity contribution is 6.23. The van der Waals surface area contributed by atoms with Crippen molar-refractivity contribution in [3.8, 4) is 0 Å². The number of amides is 1. The second-order valence-electron chi connectivity index (χ2n) is 5.50.